The van der Waals surface area contributed by atoms with Crippen LogP contribution in [-0.2, 0) is 0 Å². The molecular weight excluding hydrogens is 216 g/mol. The Morgan fingerprint density at radius 3 is 2.44 bits per heavy atom. The number of phenols is 2. The van der Waals surface area contributed by atoms with Crippen molar-refractivity contribution in [3.05, 3.63) is 27.8 Å². The zero-order valence-electron chi connectivity index (χ0n) is 8.49. The molecule has 0 aromatic heterocycles. The molecule has 0 aliphatic carbocycles. The van der Waals surface area contributed by atoms with Gasteiger partial charge in [0.2, 0.25) is 5.75 Å². The topological polar surface area (TPSA) is 130 Å². The molecule has 2 atom stereocenters. The van der Waals surface area contributed by atoms with Crippen LogP contribution in [0.2, 0.25) is 0 Å². The number of aliphatic hydroxyl groups is 1. The van der Waals surface area contributed by atoms with Crippen LogP contribution in [0.5, 0.6) is 11.5 Å². The minimum atomic E-state index is -0.927. The van der Waals surface area contributed by atoms with Crippen LogP contribution in [-0.4, -0.2) is 26.3 Å². The minimum Gasteiger partial charge on any atom is -0.504 e. The molecule has 1 aromatic rings. The summed E-state index contributed by atoms with van der Waals surface area (Å²) >= 11 is 0. The third-order valence-electron chi connectivity index (χ3n) is 2.19. The standard InChI is InChI=1S/C9H12N2O5/c1-4(12)8(10)5-2-6(11(15)16)9(14)7(13)3-5/h2-4,8,12-14H,10H2,1H3/t4-,8-/m1/s1. The maximum absolute atomic E-state index is 10.5. The zero-order valence-corrected chi connectivity index (χ0v) is 8.49. The maximum atomic E-state index is 10.5. The van der Waals surface area contributed by atoms with Gasteiger partial charge >= 0.3 is 5.69 Å². The number of hydrogen-bond acceptors (Lipinski definition) is 6. The number of nitrogens with zero attached hydrogens (tertiary/aromatic N) is 1. The molecule has 88 valence electrons. The minimum absolute atomic E-state index is 0.178. The number of benzene rings is 1. The van der Waals surface area contributed by atoms with Crippen LogP contribution >= 0.6 is 0 Å². The summed E-state index contributed by atoms with van der Waals surface area (Å²) in [4.78, 5) is 9.71. The van der Waals surface area contributed by atoms with Crippen molar-refractivity contribution < 1.29 is 20.2 Å². The van der Waals surface area contributed by atoms with Crippen molar-refractivity contribution in [1.29, 1.82) is 0 Å². The largest absolute Gasteiger partial charge is 0.504 e. The highest BCUT2D eigenvalue weighted by atomic mass is 16.6. The summed E-state index contributed by atoms with van der Waals surface area (Å²) < 4.78 is 0. The molecule has 7 nitrogen and oxygen atoms in total. The summed E-state index contributed by atoms with van der Waals surface area (Å²) in [6.45, 7) is 1.42. The third kappa shape index (κ3) is 2.20. The van der Waals surface area contributed by atoms with E-state index in [1.165, 1.54) is 6.92 Å². The van der Waals surface area contributed by atoms with E-state index in [9.17, 15) is 25.4 Å². The molecule has 1 aromatic carbocycles. The first-order chi connectivity index (χ1) is 7.34. The number of aliphatic hydroxyl groups excluding tert-OH is 1. The van der Waals surface area contributed by atoms with Gasteiger partial charge in [-0.1, -0.05) is 0 Å². The van der Waals surface area contributed by atoms with Gasteiger partial charge in [0.15, 0.2) is 5.75 Å². The fourth-order valence-electron chi connectivity index (χ4n) is 1.24. The lowest BCUT2D eigenvalue weighted by atomic mass is 10.0. The van der Waals surface area contributed by atoms with E-state index in [0.717, 1.165) is 12.1 Å². The summed E-state index contributed by atoms with van der Waals surface area (Å²) in [5.74, 6) is -1.45. The Labute approximate surface area is 90.9 Å². The van der Waals surface area contributed by atoms with Gasteiger partial charge in [0.25, 0.3) is 0 Å². The van der Waals surface area contributed by atoms with E-state index in [0.29, 0.717) is 0 Å². The summed E-state index contributed by atoms with van der Waals surface area (Å²) in [6, 6.07) is 1.23. The molecule has 5 N–H and O–H groups in total. The number of nitro benzene ring substituents is 1. The van der Waals surface area contributed by atoms with E-state index >= 15 is 0 Å². The van der Waals surface area contributed by atoms with Crippen molar-refractivity contribution in [1.82, 2.24) is 0 Å². The molecule has 0 heterocycles. The van der Waals surface area contributed by atoms with E-state index < -0.39 is 34.3 Å². The Morgan fingerprint density at radius 2 is 2.00 bits per heavy atom. The molecule has 0 fully saturated rings. The van der Waals surface area contributed by atoms with Crippen LogP contribution in [0.3, 0.4) is 0 Å². The van der Waals surface area contributed by atoms with Crippen LogP contribution in [0.15, 0.2) is 12.1 Å². The highest BCUT2D eigenvalue weighted by Crippen LogP contribution is 2.37. The lowest BCUT2D eigenvalue weighted by molar-refractivity contribution is -0.386. The van der Waals surface area contributed by atoms with E-state index in [4.69, 9.17) is 5.73 Å². The lowest BCUT2D eigenvalue weighted by Gasteiger charge is -2.15. The first-order valence-electron chi connectivity index (χ1n) is 4.48. The van der Waals surface area contributed by atoms with E-state index in [1.54, 1.807) is 0 Å². The molecule has 7 heteroatoms. The Bertz CT molecular complexity index is 419. The molecule has 0 unspecified atom stereocenters. The van der Waals surface area contributed by atoms with Crippen LogP contribution < -0.4 is 5.73 Å². The van der Waals surface area contributed by atoms with Crippen molar-refractivity contribution in [2.45, 2.75) is 19.1 Å². The van der Waals surface area contributed by atoms with Gasteiger partial charge < -0.3 is 21.1 Å². The Kier molecular flexibility index (Phi) is 3.31. The highest BCUT2D eigenvalue weighted by Gasteiger charge is 2.22. The SMILES string of the molecule is C[C@@H](O)[C@@H](N)c1cc(O)c(O)c([N+](=O)[O-])c1. The van der Waals surface area contributed by atoms with Crippen LogP contribution in [0, 0.1) is 10.1 Å². The van der Waals surface area contributed by atoms with Gasteiger partial charge in [0.05, 0.1) is 17.1 Å². The molecule has 0 spiro atoms. The highest BCUT2D eigenvalue weighted by molar-refractivity contribution is 5.57. The monoisotopic (exact) mass is 228 g/mol. The van der Waals surface area contributed by atoms with E-state index in [-0.39, 0.29) is 5.56 Å². The van der Waals surface area contributed by atoms with Gasteiger partial charge in [-0.25, -0.2) is 0 Å². The van der Waals surface area contributed by atoms with Crippen molar-refractivity contribution >= 4 is 5.69 Å². The van der Waals surface area contributed by atoms with Gasteiger partial charge in [0.1, 0.15) is 0 Å². The normalized spacial score (nSPS) is 14.4. The molecule has 0 saturated carbocycles. The first-order valence-corrected chi connectivity index (χ1v) is 4.48. The summed E-state index contributed by atoms with van der Waals surface area (Å²) in [7, 11) is 0. The second-order valence-electron chi connectivity index (χ2n) is 3.43. The Hall–Kier alpha value is -1.86. The van der Waals surface area contributed by atoms with Gasteiger partial charge in [-0.15, -0.1) is 0 Å². The van der Waals surface area contributed by atoms with Crippen molar-refractivity contribution in [2.24, 2.45) is 5.73 Å². The molecule has 0 radical (unpaired) electrons. The zero-order chi connectivity index (χ0) is 12.5. The van der Waals surface area contributed by atoms with Crippen molar-refractivity contribution in [3.63, 3.8) is 0 Å². The third-order valence-corrected chi connectivity index (χ3v) is 2.19. The number of nitro groups is 1. The Morgan fingerprint density at radius 1 is 1.44 bits per heavy atom. The molecule has 0 amide bonds. The number of rotatable bonds is 3. The first kappa shape index (κ1) is 12.2. The predicted octanol–water partition coefficient (Wildman–Crippen LogP) is 0.387. The van der Waals surface area contributed by atoms with Crippen molar-refractivity contribution in [2.75, 3.05) is 0 Å². The van der Waals surface area contributed by atoms with E-state index in [1.807, 2.05) is 0 Å². The number of nitrogens with two attached hydrogens (primary N) is 1. The van der Waals surface area contributed by atoms with Crippen LogP contribution in [0.1, 0.15) is 18.5 Å². The molecule has 0 bridgehead atoms. The molecule has 0 aliphatic rings. The molecule has 0 aliphatic heterocycles. The fraction of sp³-hybridized carbons (Fsp3) is 0.333. The fourth-order valence-corrected chi connectivity index (χ4v) is 1.24. The smallest absolute Gasteiger partial charge is 0.314 e. The van der Waals surface area contributed by atoms with E-state index in [2.05, 4.69) is 0 Å². The van der Waals surface area contributed by atoms with Crippen molar-refractivity contribution in [3.8, 4) is 11.5 Å². The quantitative estimate of drug-likeness (QED) is 0.336. The summed E-state index contributed by atoms with van der Waals surface area (Å²) in [6.07, 6.45) is -0.927. The second kappa shape index (κ2) is 4.33. The average Bonchev–Trinajstić information content (AvgIpc) is 2.20. The van der Waals surface area contributed by atoms with Crippen LogP contribution in [0.25, 0.3) is 0 Å². The molecular formula is C9H12N2O5. The summed E-state index contributed by atoms with van der Waals surface area (Å²) in [5.41, 5.74) is 5.09. The molecule has 16 heavy (non-hydrogen) atoms. The number of phenolic OH excluding ortho intramolecular Hbond substituents is 2. The molecule has 0 saturated heterocycles. The van der Waals surface area contributed by atoms with Crippen LogP contribution in [0.4, 0.5) is 5.69 Å². The second-order valence-corrected chi connectivity index (χ2v) is 3.43. The molecule has 1 rings (SSSR count). The number of aromatic hydroxyl groups is 2. The van der Waals surface area contributed by atoms with Gasteiger partial charge in [0, 0.05) is 6.07 Å². The van der Waals surface area contributed by atoms with Gasteiger partial charge in [-0.05, 0) is 18.6 Å². The summed E-state index contributed by atoms with van der Waals surface area (Å²) in [5, 5.41) is 38.3. The number of hydrogen-bond donors (Lipinski definition) is 4. The lowest BCUT2D eigenvalue weighted by Crippen LogP contribution is -2.23. The average molecular weight is 228 g/mol. The predicted molar refractivity (Wildman–Crippen MR) is 55.0 cm³/mol. The van der Waals surface area contributed by atoms with Gasteiger partial charge in [-0.2, -0.15) is 0 Å². The Balaban J connectivity index is 3.29. The van der Waals surface area contributed by atoms with Gasteiger partial charge in [-0.3, -0.25) is 10.1 Å². The maximum Gasteiger partial charge on any atom is 0.314 e.